The Balaban J connectivity index is 1.61. The monoisotopic (exact) mass is 444 g/mol. The first-order chi connectivity index (χ1) is 14.5. The molecule has 0 atom stereocenters. The van der Waals surface area contributed by atoms with E-state index in [4.69, 9.17) is 16.3 Å². The van der Waals surface area contributed by atoms with Crippen LogP contribution in [0.2, 0.25) is 5.02 Å². The molecule has 4 rings (SSSR count). The largest absolute Gasteiger partial charge is 0.495 e. The number of benzene rings is 2. The maximum absolute atomic E-state index is 13.1. The summed E-state index contributed by atoms with van der Waals surface area (Å²) in [5.41, 5.74) is 2.06. The lowest BCUT2D eigenvalue weighted by Gasteiger charge is -2.18. The lowest BCUT2D eigenvalue weighted by molar-refractivity contribution is 0.398. The van der Waals surface area contributed by atoms with Crippen molar-refractivity contribution in [1.82, 2.24) is 14.5 Å². The van der Waals surface area contributed by atoms with E-state index in [9.17, 15) is 8.42 Å². The summed E-state index contributed by atoms with van der Waals surface area (Å²) in [5.74, 6) is 0.888. The van der Waals surface area contributed by atoms with E-state index in [0.29, 0.717) is 40.9 Å². The maximum Gasteiger partial charge on any atom is 0.246 e. The number of hydrogen-bond acceptors (Lipinski definition) is 6. The average molecular weight is 445 g/mol. The molecule has 0 radical (unpaired) electrons. The fourth-order valence-corrected chi connectivity index (χ4v) is 5.16. The number of halogens is 1. The van der Waals surface area contributed by atoms with Crippen molar-refractivity contribution in [2.75, 3.05) is 25.5 Å². The molecule has 0 spiro atoms. The summed E-state index contributed by atoms with van der Waals surface area (Å²) in [5, 5.41) is 12.3. The zero-order valence-corrected chi connectivity index (χ0v) is 17.9. The minimum atomic E-state index is -3.63. The third-order valence-electron chi connectivity index (χ3n) is 4.92. The molecule has 0 saturated carbocycles. The first-order valence-corrected chi connectivity index (χ1v) is 11.3. The van der Waals surface area contributed by atoms with Crippen molar-refractivity contribution in [2.24, 2.45) is 0 Å². The summed E-state index contributed by atoms with van der Waals surface area (Å²) in [6.45, 7) is 1.06. The summed E-state index contributed by atoms with van der Waals surface area (Å²) >= 11 is 5.90. The molecule has 1 fully saturated rings. The van der Waals surface area contributed by atoms with Crippen LogP contribution in [0, 0.1) is 0 Å². The predicted octanol–water partition coefficient (Wildman–Crippen LogP) is 4.33. The molecule has 3 aromatic rings. The van der Waals surface area contributed by atoms with E-state index in [1.54, 1.807) is 42.5 Å². The van der Waals surface area contributed by atoms with Gasteiger partial charge in [-0.05, 0) is 67.4 Å². The van der Waals surface area contributed by atoms with Gasteiger partial charge in [0.15, 0.2) is 5.82 Å². The van der Waals surface area contributed by atoms with E-state index in [1.807, 2.05) is 12.1 Å². The Bertz CT molecular complexity index is 1130. The molecule has 0 aliphatic carbocycles. The summed E-state index contributed by atoms with van der Waals surface area (Å²) < 4.78 is 33.0. The molecule has 1 N–H and O–H groups in total. The molecule has 7 nitrogen and oxygen atoms in total. The van der Waals surface area contributed by atoms with Crippen molar-refractivity contribution in [3.63, 3.8) is 0 Å². The zero-order valence-electron chi connectivity index (χ0n) is 16.4. The van der Waals surface area contributed by atoms with Crippen LogP contribution in [0.1, 0.15) is 12.8 Å². The van der Waals surface area contributed by atoms with Crippen LogP contribution in [0.3, 0.4) is 0 Å². The average Bonchev–Trinajstić information content (AvgIpc) is 3.31. The second-order valence-corrected chi connectivity index (χ2v) is 9.26. The lowest BCUT2D eigenvalue weighted by atomic mass is 10.1. The molecule has 1 aromatic heterocycles. The highest BCUT2D eigenvalue weighted by Gasteiger charge is 2.30. The first-order valence-electron chi connectivity index (χ1n) is 9.52. The molecule has 30 heavy (non-hydrogen) atoms. The Morgan fingerprint density at radius 3 is 2.37 bits per heavy atom. The molecule has 1 saturated heterocycles. The summed E-state index contributed by atoms with van der Waals surface area (Å²) in [4.78, 5) is 0.148. The lowest BCUT2D eigenvalue weighted by Crippen LogP contribution is -2.28. The van der Waals surface area contributed by atoms with Crippen LogP contribution in [0.25, 0.3) is 11.3 Å². The van der Waals surface area contributed by atoms with Gasteiger partial charge in [-0.2, -0.15) is 4.31 Å². The molecule has 9 heteroatoms. The van der Waals surface area contributed by atoms with Crippen molar-refractivity contribution in [3.05, 3.63) is 59.6 Å². The molecule has 1 aliphatic heterocycles. The molecule has 0 amide bonds. The van der Waals surface area contributed by atoms with Crippen molar-refractivity contribution in [2.45, 2.75) is 17.7 Å². The van der Waals surface area contributed by atoms with Crippen LogP contribution in [0.5, 0.6) is 5.75 Å². The molecular weight excluding hydrogens is 424 g/mol. The van der Waals surface area contributed by atoms with Gasteiger partial charge in [-0.1, -0.05) is 11.6 Å². The molecular formula is C21H21ClN4O3S. The Labute approximate surface area is 180 Å². The maximum atomic E-state index is 13.1. The molecule has 2 aromatic carbocycles. The third-order valence-corrected chi connectivity index (χ3v) is 7.10. The highest BCUT2D eigenvalue weighted by Crippen LogP contribution is 2.32. The minimum absolute atomic E-state index is 0.148. The molecule has 1 aliphatic rings. The number of ether oxygens (including phenoxy) is 1. The second kappa shape index (κ2) is 8.59. The van der Waals surface area contributed by atoms with Crippen LogP contribution >= 0.6 is 11.6 Å². The van der Waals surface area contributed by atoms with Gasteiger partial charge < -0.3 is 10.1 Å². The van der Waals surface area contributed by atoms with Crippen LogP contribution in [-0.4, -0.2) is 43.1 Å². The Morgan fingerprint density at radius 2 is 1.73 bits per heavy atom. The number of rotatable bonds is 6. The topological polar surface area (TPSA) is 84.4 Å². The molecule has 156 valence electrons. The number of sulfonamides is 1. The highest BCUT2D eigenvalue weighted by atomic mass is 35.5. The highest BCUT2D eigenvalue weighted by molar-refractivity contribution is 7.89. The van der Waals surface area contributed by atoms with Crippen molar-refractivity contribution in [3.8, 4) is 17.0 Å². The van der Waals surface area contributed by atoms with Gasteiger partial charge in [0, 0.05) is 29.4 Å². The van der Waals surface area contributed by atoms with Crippen LogP contribution in [0.4, 0.5) is 11.5 Å². The summed E-state index contributed by atoms with van der Waals surface area (Å²) in [7, 11) is -2.16. The summed E-state index contributed by atoms with van der Waals surface area (Å²) in [6, 6.07) is 15.9. The fourth-order valence-electron chi connectivity index (χ4n) is 3.34. The van der Waals surface area contributed by atoms with E-state index >= 15 is 0 Å². The van der Waals surface area contributed by atoms with E-state index in [2.05, 4.69) is 15.5 Å². The van der Waals surface area contributed by atoms with Gasteiger partial charge in [-0.25, -0.2) is 8.42 Å². The van der Waals surface area contributed by atoms with Gasteiger partial charge in [0.1, 0.15) is 10.6 Å². The smallest absolute Gasteiger partial charge is 0.246 e. The summed E-state index contributed by atoms with van der Waals surface area (Å²) in [6.07, 6.45) is 1.74. The number of aromatic nitrogens is 2. The first kappa shape index (κ1) is 20.6. The normalized spacial score (nSPS) is 14.6. The van der Waals surface area contributed by atoms with Gasteiger partial charge >= 0.3 is 0 Å². The van der Waals surface area contributed by atoms with Gasteiger partial charge in [0.25, 0.3) is 0 Å². The van der Waals surface area contributed by atoms with Gasteiger partial charge in [0.05, 0.1) is 12.8 Å². The van der Waals surface area contributed by atoms with Gasteiger partial charge in [0.2, 0.25) is 10.0 Å². The van der Waals surface area contributed by atoms with Gasteiger partial charge in [-0.3, -0.25) is 0 Å². The Hall–Kier alpha value is -2.68. The third kappa shape index (κ3) is 4.26. The molecule has 0 bridgehead atoms. The SMILES string of the molecule is COc1ccc(-c2ccc(Nc3ccc(Cl)cc3)nn2)cc1S(=O)(=O)N1CCCC1. The fraction of sp³-hybridized carbons (Fsp3) is 0.238. The van der Waals surface area contributed by atoms with Crippen molar-refractivity contribution in [1.29, 1.82) is 0 Å². The number of methoxy groups -OCH3 is 1. The molecule has 0 unspecified atom stereocenters. The minimum Gasteiger partial charge on any atom is -0.495 e. The predicted molar refractivity (Wildman–Crippen MR) is 117 cm³/mol. The Kier molecular flexibility index (Phi) is 5.90. The zero-order chi connectivity index (χ0) is 21.1. The quantitative estimate of drug-likeness (QED) is 0.609. The van der Waals surface area contributed by atoms with E-state index in [0.717, 1.165) is 18.5 Å². The second-order valence-electron chi connectivity index (χ2n) is 6.91. The van der Waals surface area contributed by atoms with E-state index in [1.165, 1.54) is 11.4 Å². The van der Waals surface area contributed by atoms with Crippen molar-refractivity contribution >= 4 is 33.1 Å². The van der Waals surface area contributed by atoms with Crippen LogP contribution < -0.4 is 10.1 Å². The van der Waals surface area contributed by atoms with Crippen LogP contribution in [0.15, 0.2) is 59.5 Å². The number of hydrogen-bond donors (Lipinski definition) is 1. The number of nitrogens with one attached hydrogen (secondary N) is 1. The molecule has 2 heterocycles. The van der Waals surface area contributed by atoms with E-state index < -0.39 is 10.0 Å². The number of anilines is 2. The van der Waals surface area contributed by atoms with Crippen LogP contribution in [-0.2, 0) is 10.0 Å². The van der Waals surface area contributed by atoms with Gasteiger partial charge in [-0.15, -0.1) is 10.2 Å². The standard InChI is InChI=1S/C21H21ClN4O3S/c1-29-19-10-4-15(14-20(19)30(27,28)26-12-2-3-13-26)18-9-11-21(25-24-18)23-17-7-5-16(22)6-8-17/h4-11,14H,2-3,12-13H2,1H3,(H,23,25). The van der Waals surface area contributed by atoms with E-state index in [-0.39, 0.29) is 4.90 Å². The van der Waals surface area contributed by atoms with Crippen molar-refractivity contribution < 1.29 is 13.2 Å². The Morgan fingerprint density at radius 1 is 1.00 bits per heavy atom. The number of nitrogens with zero attached hydrogens (tertiary/aromatic N) is 3.